The van der Waals surface area contributed by atoms with E-state index in [2.05, 4.69) is 25.2 Å². The molecule has 0 unspecified atom stereocenters. The number of hydrogen-bond donors (Lipinski definition) is 0. The average molecular weight is 475 g/mol. The molecule has 5 rings (SSSR count). The Morgan fingerprint density at radius 3 is 2.76 bits per heavy atom. The summed E-state index contributed by atoms with van der Waals surface area (Å²) >= 11 is 6.11. The first-order valence-electron chi connectivity index (χ1n) is 9.99. The molecule has 33 heavy (non-hydrogen) atoms. The number of aryl methyl sites for hydroxylation is 1. The van der Waals surface area contributed by atoms with Crippen molar-refractivity contribution in [3.63, 3.8) is 0 Å². The van der Waals surface area contributed by atoms with Gasteiger partial charge in [0.15, 0.2) is 5.82 Å². The molecule has 2 aliphatic rings. The van der Waals surface area contributed by atoms with Crippen LogP contribution in [0.5, 0.6) is 5.88 Å². The Hall–Kier alpha value is -3.67. The number of carbonyl (C=O) groups excluding carboxylic acids is 1. The normalized spacial score (nSPS) is 18.0. The van der Waals surface area contributed by atoms with Crippen LogP contribution < -0.4 is 4.74 Å². The number of pyridine rings is 1. The van der Waals surface area contributed by atoms with Crippen molar-refractivity contribution in [2.45, 2.75) is 18.6 Å². The molecule has 3 aromatic heterocycles. The molecule has 0 N–H and O–H groups in total. The maximum absolute atomic E-state index is 14.3. The van der Waals surface area contributed by atoms with Crippen LogP contribution in [0.3, 0.4) is 0 Å². The van der Waals surface area contributed by atoms with E-state index in [1.165, 1.54) is 33.1 Å². The van der Waals surface area contributed by atoms with Crippen molar-refractivity contribution in [1.29, 1.82) is 0 Å². The number of amides is 2. The zero-order valence-electron chi connectivity index (χ0n) is 17.3. The highest BCUT2D eigenvalue weighted by Gasteiger charge is 2.39. The molecule has 3 aromatic rings. The monoisotopic (exact) mass is 474 g/mol. The summed E-state index contributed by atoms with van der Waals surface area (Å²) in [6.45, 7) is 0.425. The van der Waals surface area contributed by atoms with Gasteiger partial charge in [-0.3, -0.25) is 9.67 Å². The summed E-state index contributed by atoms with van der Waals surface area (Å²) in [5, 5.41) is 9.76. The Morgan fingerprint density at radius 2 is 2.03 bits per heavy atom. The van der Waals surface area contributed by atoms with E-state index < -0.39 is 23.8 Å². The van der Waals surface area contributed by atoms with Crippen molar-refractivity contribution in [3.05, 3.63) is 53.1 Å². The molecule has 0 spiro atoms. The molecule has 5 heterocycles. The van der Waals surface area contributed by atoms with E-state index in [4.69, 9.17) is 16.3 Å². The molecule has 1 fully saturated rings. The highest BCUT2D eigenvalue weighted by atomic mass is 35.5. The van der Waals surface area contributed by atoms with Crippen LogP contribution in [0.15, 0.2) is 36.0 Å². The van der Waals surface area contributed by atoms with Crippen molar-refractivity contribution < 1.29 is 18.3 Å². The van der Waals surface area contributed by atoms with Gasteiger partial charge >= 0.3 is 6.03 Å². The summed E-state index contributed by atoms with van der Waals surface area (Å²) in [7, 11) is 1.66. The number of urea groups is 1. The third-order valence-electron chi connectivity index (χ3n) is 5.35. The Balaban J connectivity index is 1.24. The van der Waals surface area contributed by atoms with Crippen molar-refractivity contribution in [2.24, 2.45) is 12.1 Å². The highest BCUT2D eigenvalue weighted by molar-refractivity contribution is 6.32. The minimum absolute atomic E-state index is 0.168. The number of nitrogens with zero attached hydrogens (tertiary/aromatic N) is 8. The first-order chi connectivity index (χ1) is 15.9. The molecule has 1 atom stereocenters. The lowest BCUT2D eigenvalue weighted by atomic mass is 10.1. The molecule has 10 nitrogen and oxygen atoms in total. The summed E-state index contributed by atoms with van der Waals surface area (Å²) in [5.41, 5.74) is 0.982. The fraction of sp³-hybridized carbons (Fsp3) is 0.300. The SMILES string of the molecule is Cn1ncc(Cl)c1-c1ncc(F)c(OC2CN(C(=O)N3N=CC[C@H]3c3cncc(F)c3)C2)n1. The zero-order valence-corrected chi connectivity index (χ0v) is 18.0. The predicted molar refractivity (Wildman–Crippen MR) is 112 cm³/mol. The number of hydrogen-bond acceptors (Lipinski definition) is 7. The van der Waals surface area contributed by atoms with Crippen LogP contribution in [-0.2, 0) is 7.05 Å². The van der Waals surface area contributed by atoms with Gasteiger partial charge in [0.2, 0.25) is 5.82 Å². The molecule has 170 valence electrons. The Morgan fingerprint density at radius 1 is 1.21 bits per heavy atom. The van der Waals surface area contributed by atoms with Crippen LogP contribution in [0.25, 0.3) is 11.5 Å². The second-order valence-corrected chi connectivity index (χ2v) is 7.98. The first kappa shape index (κ1) is 21.2. The number of carbonyl (C=O) groups is 1. The number of likely N-dealkylation sites (tertiary alicyclic amines) is 1. The topological polar surface area (TPSA) is 102 Å². The number of rotatable bonds is 4. The van der Waals surface area contributed by atoms with Crippen LogP contribution in [-0.4, -0.2) is 66.1 Å². The van der Waals surface area contributed by atoms with Gasteiger partial charge in [-0.15, -0.1) is 0 Å². The van der Waals surface area contributed by atoms with Crippen molar-refractivity contribution in [3.8, 4) is 17.4 Å². The van der Waals surface area contributed by atoms with Gasteiger partial charge < -0.3 is 9.64 Å². The summed E-state index contributed by atoms with van der Waals surface area (Å²) in [4.78, 5) is 26.3. The number of halogens is 3. The summed E-state index contributed by atoms with van der Waals surface area (Å²) < 4.78 is 34.9. The third kappa shape index (κ3) is 3.97. The van der Waals surface area contributed by atoms with Crippen molar-refractivity contribution in [2.75, 3.05) is 13.1 Å². The van der Waals surface area contributed by atoms with Gasteiger partial charge in [0, 0.05) is 25.9 Å². The van der Waals surface area contributed by atoms with Crippen LogP contribution >= 0.6 is 11.6 Å². The van der Waals surface area contributed by atoms with Gasteiger partial charge in [0.05, 0.1) is 42.7 Å². The van der Waals surface area contributed by atoms with E-state index in [0.717, 1.165) is 12.4 Å². The molecule has 0 aromatic carbocycles. The predicted octanol–water partition coefficient (Wildman–Crippen LogP) is 2.82. The Bertz CT molecular complexity index is 1230. The summed E-state index contributed by atoms with van der Waals surface area (Å²) in [6.07, 6.45) is 6.64. The lowest BCUT2D eigenvalue weighted by Gasteiger charge is -2.40. The molecule has 0 aliphatic carbocycles. The maximum atomic E-state index is 14.3. The average Bonchev–Trinajstić information content (AvgIpc) is 3.38. The van der Waals surface area contributed by atoms with Crippen LogP contribution in [0.4, 0.5) is 13.6 Å². The summed E-state index contributed by atoms with van der Waals surface area (Å²) in [5.74, 6) is -1.29. The fourth-order valence-corrected chi connectivity index (χ4v) is 3.92. The van der Waals surface area contributed by atoms with Gasteiger partial charge in [-0.25, -0.2) is 19.2 Å². The smallest absolute Gasteiger partial charge is 0.341 e. The van der Waals surface area contributed by atoms with E-state index >= 15 is 0 Å². The van der Waals surface area contributed by atoms with Crippen LogP contribution in [0.2, 0.25) is 5.02 Å². The van der Waals surface area contributed by atoms with E-state index in [0.29, 0.717) is 22.7 Å². The van der Waals surface area contributed by atoms with Crippen molar-refractivity contribution in [1.82, 2.24) is 34.6 Å². The van der Waals surface area contributed by atoms with Gasteiger partial charge in [0.1, 0.15) is 17.6 Å². The lowest BCUT2D eigenvalue weighted by molar-refractivity contribution is 0.0230. The molecule has 0 saturated carbocycles. The number of aromatic nitrogens is 5. The number of hydrazone groups is 1. The van der Waals surface area contributed by atoms with Gasteiger partial charge in [-0.2, -0.15) is 19.6 Å². The molecule has 0 radical (unpaired) electrons. The molecular formula is C20H17ClF2N8O2. The standard InChI is InChI=1S/C20H17ClF2N8O2/c1-29-17(14(21)7-27-29)18-25-8-15(23)19(28-18)33-13-9-30(10-13)20(32)31-16(2-3-26-31)11-4-12(22)6-24-5-11/h3-8,13,16H,2,9-10H2,1H3/t16-/m0/s1. The van der Waals surface area contributed by atoms with Crippen molar-refractivity contribution >= 4 is 23.8 Å². The van der Waals surface area contributed by atoms with Crippen LogP contribution in [0.1, 0.15) is 18.0 Å². The molecule has 2 aliphatic heterocycles. The second-order valence-electron chi connectivity index (χ2n) is 7.57. The number of ether oxygens (including phenoxy) is 1. The quantitative estimate of drug-likeness (QED) is 0.576. The largest absolute Gasteiger partial charge is 0.468 e. The fourth-order valence-electron chi connectivity index (χ4n) is 3.67. The minimum Gasteiger partial charge on any atom is -0.468 e. The Labute approximate surface area is 191 Å². The summed E-state index contributed by atoms with van der Waals surface area (Å²) in [6, 6.07) is 0.535. The molecule has 2 amide bonds. The van der Waals surface area contributed by atoms with Gasteiger partial charge in [-0.05, 0) is 11.6 Å². The molecule has 0 bridgehead atoms. The lowest BCUT2D eigenvalue weighted by Crippen LogP contribution is -2.59. The van der Waals surface area contributed by atoms with E-state index in [1.807, 2.05) is 0 Å². The molecular weight excluding hydrogens is 458 g/mol. The molecule has 1 saturated heterocycles. The molecule has 13 heteroatoms. The Kier molecular flexibility index (Phi) is 5.36. The third-order valence-corrected chi connectivity index (χ3v) is 5.63. The second kappa shape index (κ2) is 8.35. The van der Waals surface area contributed by atoms with Crippen LogP contribution in [0, 0.1) is 11.6 Å². The van der Waals surface area contributed by atoms with Gasteiger partial charge in [-0.1, -0.05) is 11.6 Å². The van der Waals surface area contributed by atoms with E-state index in [-0.39, 0.29) is 30.8 Å². The van der Waals surface area contributed by atoms with E-state index in [9.17, 15) is 13.6 Å². The van der Waals surface area contributed by atoms with Gasteiger partial charge in [0.25, 0.3) is 5.88 Å². The zero-order chi connectivity index (χ0) is 23.1. The maximum Gasteiger partial charge on any atom is 0.341 e. The first-order valence-corrected chi connectivity index (χ1v) is 10.4. The van der Waals surface area contributed by atoms with E-state index in [1.54, 1.807) is 13.3 Å². The highest BCUT2D eigenvalue weighted by Crippen LogP contribution is 2.31. The minimum atomic E-state index is -0.732.